The van der Waals surface area contributed by atoms with Crippen molar-refractivity contribution in [3.63, 3.8) is 0 Å². The summed E-state index contributed by atoms with van der Waals surface area (Å²) in [6, 6.07) is 12.2. The van der Waals surface area contributed by atoms with Crippen LogP contribution in [0.3, 0.4) is 0 Å². The molecule has 6 nitrogen and oxygen atoms in total. The van der Waals surface area contributed by atoms with E-state index in [-0.39, 0.29) is 0 Å². The Kier molecular flexibility index (Phi) is 7.17. The smallest absolute Gasteiger partial charge is 0.310 e. The van der Waals surface area contributed by atoms with Crippen molar-refractivity contribution in [1.82, 2.24) is 4.90 Å². The van der Waals surface area contributed by atoms with Gasteiger partial charge in [0, 0.05) is 30.8 Å². The van der Waals surface area contributed by atoms with Gasteiger partial charge in [-0.15, -0.1) is 0 Å². The number of aliphatic carboxylic acids is 1. The summed E-state index contributed by atoms with van der Waals surface area (Å²) < 4.78 is 17.2. The Balaban J connectivity index is 1.72. The van der Waals surface area contributed by atoms with Crippen molar-refractivity contribution in [1.29, 1.82) is 0 Å². The average Bonchev–Trinajstić information content (AvgIpc) is 3.03. The number of nitrogens with zero attached hydrogens (tertiary/aromatic N) is 1. The molecule has 1 saturated heterocycles. The van der Waals surface area contributed by atoms with Crippen LogP contribution in [-0.2, 0) is 11.4 Å². The SMILES string of the molecule is CCC(CC)(CN1CCC(=C2c3ccc(OC)cc3COc3ccc(OC)cc32)CC1)C(=O)O. The third kappa shape index (κ3) is 4.51. The molecule has 0 atom stereocenters. The van der Waals surface area contributed by atoms with E-state index < -0.39 is 11.4 Å². The molecule has 0 aromatic heterocycles. The molecule has 182 valence electrons. The van der Waals surface area contributed by atoms with Crippen LogP contribution in [0.4, 0.5) is 0 Å². The molecule has 1 N–H and O–H groups in total. The summed E-state index contributed by atoms with van der Waals surface area (Å²) in [6.45, 7) is 6.73. The molecule has 2 heterocycles. The number of piperidine rings is 1. The van der Waals surface area contributed by atoms with E-state index in [4.69, 9.17) is 14.2 Å². The number of carboxylic acids is 1. The van der Waals surface area contributed by atoms with Crippen LogP contribution in [0.5, 0.6) is 17.2 Å². The van der Waals surface area contributed by atoms with Crippen LogP contribution in [0.2, 0.25) is 0 Å². The Morgan fingerprint density at radius 2 is 1.65 bits per heavy atom. The van der Waals surface area contributed by atoms with Gasteiger partial charge in [-0.3, -0.25) is 4.79 Å². The van der Waals surface area contributed by atoms with E-state index in [1.807, 2.05) is 32.0 Å². The number of ether oxygens (including phenoxy) is 3. The number of hydrogen-bond acceptors (Lipinski definition) is 5. The summed E-state index contributed by atoms with van der Waals surface area (Å²) in [7, 11) is 3.36. The van der Waals surface area contributed by atoms with Gasteiger partial charge in [-0.1, -0.05) is 25.5 Å². The maximum Gasteiger partial charge on any atom is 0.310 e. The maximum absolute atomic E-state index is 12.0. The highest BCUT2D eigenvalue weighted by molar-refractivity contribution is 5.88. The Morgan fingerprint density at radius 3 is 2.26 bits per heavy atom. The standard InChI is InChI=1S/C28H35NO5/c1-5-28(6-2,27(30)31)18-29-13-11-19(12-14-29)26-23-9-7-21(32-3)15-20(23)17-34-25-10-8-22(33-4)16-24(25)26/h7-10,15-16H,5-6,11-14,17-18H2,1-4H3,(H,30,31). The van der Waals surface area contributed by atoms with Gasteiger partial charge in [0.15, 0.2) is 0 Å². The molecule has 6 heteroatoms. The monoisotopic (exact) mass is 465 g/mol. The number of rotatable bonds is 7. The van der Waals surface area contributed by atoms with Gasteiger partial charge in [-0.2, -0.15) is 0 Å². The molecule has 0 saturated carbocycles. The Hall–Kier alpha value is -2.99. The van der Waals surface area contributed by atoms with Crippen molar-refractivity contribution >= 4 is 11.5 Å². The molecular formula is C28H35NO5. The fourth-order valence-electron chi connectivity index (χ4n) is 5.20. The minimum absolute atomic E-state index is 0.475. The highest BCUT2D eigenvalue weighted by Crippen LogP contribution is 2.43. The number of carboxylic acid groups (broad SMARTS) is 1. The summed E-state index contributed by atoms with van der Waals surface area (Å²) in [5.74, 6) is 1.77. The number of fused-ring (bicyclic) bond motifs is 2. The second-order valence-corrected chi connectivity index (χ2v) is 9.22. The summed E-state index contributed by atoms with van der Waals surface area (Å²) in [5, 5.41) is 9.88. The molecule has 2 aliphatic rings. The van der Waals surface area contributed by atoms with E-state index in [2.05, 4.69) is 23.1 Å². The third-order valence-corrected chi connectivity index (χ3v) is 7.57. The van der Waals surface area contributed by atoms with Gasteiger partial charge in [-0.05, 0) is 67.2 Å². The van der Waals surface area contributed by atoms with Crippen molar-refractivity contribution in [2.45, 2.75) is 46.1 Å². The minimum Gasteiger partial charge on any atom is -0.497 e. The van der Waals surface area contributed by atoms with Crippen molar-refractivity contribution < 1.29 is 24.1 Å². The van der Waals surface area contributed by atoms with Crippen LogP contribution in [-0.4, -0.2) is 49.8 Å². The van der Waals surface area contributed by atoms with E-state index in [1.54, 1.807) is 14.2 Å². The van der Waals surface area contributed by atoms with Crippen LogP contribution in [0.1, 0.15) is 56.2 Å². The summed E-state index contributed by atoms with van der Waals surface area (Å²) >= 11 is 0. The van der Waals surface area contributed by atoms with E-state index in [1.165, 1.54) is 16.7 Å². The van der Waals surface area contributed by atoms with Gasteiger partial charge >= 0.3 is 5.97 Å². The zero-order chi connectivity index (χ0) is 24.3. The van der Waals surface area contributed by atoms with Crippen molar-refractivity contribution in [3.8, 4) is 17.2 Å². The van der Waals surface area contributed by atoms with Crippen LogP contribution >= 0.6 is 0 Å². The number of benzene rings is 2. The van der Waals surface area contributed by atoms with Crippen molar-refractivity contribution in [3.05, 3.63) is 58.7 Å². The zero-order valence-electron chi connectivity index (χ0n) is 20.6. The van der Waals surface area contributed by atoms with E-state index in [0.29, 0.717) is 26.0 Å². The maximum atomic E-state index is 12.0. The molecule has 0 radical (unpaired) electrons. The molecular weight excluding hydrogens is 430 g/mol. The van der Waals surface area contributed by atoms with Crippen LogP contribution in [0.25, 0.3) is 5.57 Å². The normalized spacial score (nSPS) is 16.2. The number of hydrogen-bond donors (Lipinski definition) is 1. The van der Waals surface area contributed by atoms with E-state index in [9.17, 15) is 9.90 Å². The predicted octanol–water partition coefficient (Wildman–Crippen LogP) is 5.38. The van der Waals surface area contributed by atoms with Crippen LogP contribution in [0, 0.1) is 5.41 Å². The summed E-state index contributed by atoms with van der Waals surface area (Å²) in [4.78, 5) is 14.3. The number of carbonyl (C=O) groups is 1. The second kappa shape index (κ2) is 10.1. The first-order chi connectivity index (χ1) is 16.4. The Bertz CT molecular complexity index is 1080. The molecule has 2 aliphatic heterocycles. The van der Waals surface area contributed by atoms with Gasteiger partial charge in [-0.25, -0.2) is 0 Å². The largest absolute Gasteiger partial charge is 0.497 e. The van der Waals surface area contributed by atoms with Gasteiger partial charge in [0.25, 0.3) is 0 Å². The molecule has 0 aliphatic carbocycles. The highest BCUT2D eigenvalue weighted by Gasteiger charge is 2.37. The number of likely N-dealkylation sites (tertiary alicyclic amines) is 1. The van der Waals surface area contributed by atoms with E-state index in [0.717, 1.165) is 54.3 Å². The zero-order valence-corrected chi connectivity index (χ0v) is 20.6. The van der Waals surface area contributed by atoms with Gasteiger partial charge in [0.2, 0.25) is 0 Å². The molecule has 4 rings (SSSR count). The molecule has 1 fully saturated rings. The van der Waals surface area contributed by atoms with E-state index >= 15 is 0 Å². The highest BCUT2D eigenvalue weighted by atomic mass is 16.5. The molecule has 0 spiro atoms. The predicted molar refractivity (Wildman–Crippen MR) is 133 cm³/mol. The lowest BCUT2D eigenvalue weighted by atomic mass is 9.81. The fourth-order valence-corrected chi connectivity index (χ4v) is 5.20. The molecule has 0 amide bonds. The van der Waals surface area contributed by atoms with Crippen LogP contribution < -0.4 is 14.2 Å². The fraction of sp³-hybridized carbons (Fsp3) is 0.464. The van der Waals surface area contributed by atoms with Gasteiger partial charge in [0.1, 0.15) is 23.9 Å². The first-order valence-electron chi connectivity index (χ1n) is 12.1. The molecule has 34 heavy (non-hydrogen) atoms. The lowest BCUT2D eigenvalue weighted by molar-refractivity contribution is -0.150. The first kappa shape index (κ1) is 24.1. The van der Waals surface area contributed by atoms with Crippen molar-refractivity contribution in [2.24, 2.45) is 5.41 Å². The topological polar surface area (TPSA) is 68.2 Å². The molecule has 0 unspecified atom stereocenters. The quantitative estimate of drug-likeness (QED) is 0.592. The lowest BCUT2D eigenvalue weighted by Crippen LogP contribution is -2.44. The van der Waals surface area contributed by atoms with Crippen molar-refractivity contribution in [2.75, 3.05) is 33.9 Å². The van der Waals surface area contributed by atoms with Gasteiger partial charge in [0.05, 0.1) is 19.6 Å². The average molecular weight is 466 g/mol. The van der Waals surface area contributed by atoms with Gasteiger partial charge < -0.3 is 24.2 Å². The molecule has 0 bridgehead atoms. The third-order valence-electron chi connectivity index (χ3n) is 7.57. The number of methoxy groups -OCH3 is 2. The van der Waals surface area contributed by atoms with Crippen LogP contribution in [0.15, 0.2) is 42.0 Å². The second-order valence-electron chi connectivity index (χ2n) is 9.22. The lowest BCUT2D eigenvalue weighted by Gasteiger charge is -2.37. The Labute approximate surface area is 202 Å². The first-order valence-corrected chi connectivity index (χ1v) is 12.1. The summed E-state index contributed by atoms with van der Waals surface area (Å²) in [5.41, 5.74) is 5.22. The summed E-state index contributed by atoms with van der Waals surface area (Å²) in [6.07, 6.45) is 3.06. The minimum atomic E-state index is -0.688. The molecule has 2 aromatic rings. The molecule has 2 aromatic carbocycles. The Morgan fingerprint density at radius 1 is 1.00 bits per heavy atom.